The molecule has 6 heteroatoms. The van der Waals surface area contributed by atoms with Crippen molar-refractivity contribution in [2.75, 3.05) is 25.6 Å². The van der Waals surface area contributed by atoms with Gasteiger partial charge in [0.25, 0.3) is 0 Å². The van der Waals surface area contributed by atoms with Gasteiger partial charge < -0.3 is 14.8 Å². The number of methoxy groups -OCH3 is 1. The van der Waals surface area contributed by atoms with Crippen molar-refractivity contribution >= 4 is 16.7 Å². The highest BCUT2D eigenvalue weighted by molar-refractivity contribution is 7.09. The molecule has 3 rings (SSSR count). The van der Waals surface area contributed by atoms with Gasteiger partial charge in [-0.15, -0.1) is 0 Å². The summed E-state index contributed by atoms with van der Waals surface area (Å²) >= 11 is 1.46. The molecule has 0 bridgehead atoms. The molecule has 1 aromatic heterocycles. The van der Waals surface area contributed by atoms with Crippen LogP contribution in [0.2, 0.25) is 0 Å². The maximum Gasteiger partial charge on any atom is 0.202 e. The molecule has 1 aliphatic heterocycles. The van der Waals surface area contributed by atoms with Crippen molar-refractivity contribution in [2.45, 2.75) is 50.2 Å². The molecule has 1 saturated heterocycles. The van der Waals surface area contributed by atoms with Crippen LogP contribution < -0.4 is 5.32 Å². The van der Waals surface area contributed by atoms with Crippen molar-refractivity contribution in [3.8, 4) is 0 Å². The molecule has 0 unspecified atom stereocenters. The molecule has 2 heterocycles. The predicted octanol–water partition coefficient (Wildman–Crippen LogP) is 2.41. The van der Waals surface area contributed by atoms with Crippen LogP contribution in [0, 0.1) is 0 Å². The van der Waals surface area contributed by atoms with Crippen molar-refractivity contribution in [1.82, 2.24) is 9.36 Å². The lowest BCUT2D eigenvalue weighted by Gasteiger charge is -2.18. The van der Waals surface area contributed by atoms with Crippen molar-refractivity contribution in [1.29, 1.82) is 0 Å². The molecule has 2 aliphatic rings. The third kappa shape index (κ3) is 3.07. The van der Waals surface area contributed by atoms with Gasteiger partial charge in [0.15, 0.2) is 0 Å². The Morgan fingerprint density at radius 1 is 1.26 bits per heavy atom. The number of nitrogens with one attached hydrogen (secondary N) is 1. The summed E-state index contributed by atoms with van der Waals surface area (Å²) in [6, 6.07) is 0.192. The molecule has 2 fully saturated rings. The molecule has 0 amide bonds. The van der Waals surface area contributed by atoms with Gasteiger partial charge in [-0.2, -0.15) is 4.37 Å². The molecule has 0 aromatic carbocycles. The fourth-order valence-corrected chi connectivity index (χ4v) is 3.59. The zero-order valence-electron chi connectivity index (χ0n) is 11.3. The number of nitrogens with zero attached hydrogens (tertiary/aromatic N) is 2. The van der Waals surface area contributed by atoms with Gasteiger partial charge in [-0.25, -0.2) is 4.98 Å². The van der Waals surface area contributed by atoms with Crippen LogP contribution in [0.4, 0.5) is 5.13 Å². The Bertz CT molecular complexity index is 406. The fraction of sp³-hybridized carbons (Fsp3) is 0.846. The summed E-state index contributed by atoms with van der Waals surface area (Å²) in [6.45, 7) is 1.33. The standard InChI is InChI=1S/C13H21N3O2S/c1-17-11-8-18-7-10(11)14-13-15-12(16-19-13)9-5-3-2-4-6-9/h9-11H,2-8H2,1H3,(H,14,15,16)/t10-,11+/m0/s1. The summed E-state index contributed by atoms with van der Waals surface area (Å²) in [4.78, 5) is 4.65. The molecule has 5 nitrogen and oxygen atoms in total. The van der Waals surface area contributed by atoms with E-state index in [0.717, 1.165) is 11.0 Å². The third-order valence-electron chi connectivity index (χ3n) is 4.05. The van der Waals surface area contributed by atoms with E-state index in [1.54, 1.807) is 7.11 Å². The molecule has 1 aromatic rings. The lowest BCUT2D eigenvalue weighted by Crippen LogP contribution is -2.33. The van der Waals surface area contributed by atoms with Gasteiger partial charge in [0.1, 0.15) is 11.9 Å². The van der Waals surface area contributed by atoms with Gasteiger partial charge >= 0.3 is 0 Å². The zero-order chi connectivity index (χ0) is 13.1. The van der Waals surface area contributed by atoms with Crippen LogP contribution in [0.15, 0.2) is 0 Å². The highest BCUT2D eigenvalue weighted by Gasteiger charge is 2.29. The first-order chi connectivity index (χ1) is 9.36. The average molecular weight is 283 g/mol. The van der Waals surface area contributed by atoms with Crippen LogP contribution in [0.1, 0.15) is 43.8 Å². The van der Waals surface area contributed by atoms with Gasteiger partial charge in [0.05, 0.1) is 19.3 Å². The lowest BCUT2D eigenvalue weighted by molar-refractivity contribution is 0.0795. The van der Waals surface area contributed by atoms with Gasteiger partial charge in [-0.1, -0.05) is 19.3 Å². The van der Waals surface area contributed by atoms with Crippen molar-refractivity contribution in [3.63, 3.8) is 0 Å². The van der Waals surface area contributed by atoms with Gasteiger partial charge in [-0.3, -0.25) is 0 Å². The second-order valence-corrected chi connectivity index (χ2v) is 6.11. The van der Waals surface area contributed by atoms with Gasteiger partial charge in [0, 0.05) is 24.6 Å². The van der Waals surface area contributed by atoms with Crippen LogP contribution in [0.5, 0.6) is 0 Å². The average Bonchev–Trinajstić information content (AvgIpc) is 3.09. The van der Waals surface area contributed by atoms with E-state index in [1.807, 2.05) is 0 Å². The maximum atomic E-state index is 5.42. The Hall–Kier alpha value is -0.720. The molecule has 19 heavy (non-hydrogen) atoms. The topological polar surface area (TPSA) is 56.3 Å². The second-order valence-electron chi connectivity index (χ2n) is 5.36. The minimum atomic E-state index is 0.113. The van der Waals surface area contributed by atoms with Crippen molar-refractivity contribution < 1.29 is 9.47 Å². The molecule has 0 spiro atoms. The number of hydrogen-bond donors (Lipinski definition) is 1. The van der Waals surface area contributed by atoms with E-state index in [1.165, 1.54) is 43.6 Å². The first-order valence-electron chi connectivity index (χ1n) is 7.07. The normalized spacial score (nSPS) is 28.7. The van der Waals surface area contributed by atoms with Gasteiger partial charge in [-0.05, 0) is 12.8 Å². The van der Waals surface area contributed by atoms with E-state index >= 15 is 0 Å². The Labute approximate surface area is 117 Å². The Balaban J connectivity index is 1.61. The lowest BCUT2D eigenvalue weighted by atomic mass is 9.89. The predicted molar refractivity (Wildman–Crippen MR) is 74.8 cm³/mol. The second kappa shape index (κ2) is 6.15. The fourth-order valence-electron chi connectivity index (χ4n) is 2.88. The van der Waals surface area contributed by atoms with E-state index in [-0.39, 0.29) is 12.1 Å². The Kier molecular flexibility index (Phi) is 4.30. The van der Waals surface area contributed by atoms with E-state index in [4.69, 9.17) is 9.47 Å². The number of hydrogen-bond acceptors (Lipinski definition) is 6. The highest BCUT2D eigenvalue weighted by atomic mass is 32.1. The Morgan fingerprint density at radius 2 is 2.11 bits per heavy atom. The van der Waals surface area contributed by atoms with E-state index < -0.39 is 0 Å². The first kappa shape index (κ1) is 13.3. The molecule has 1 N–H and O–H groups in total. The summed E-state index contributed by atoms with van der Waals surface area (Å²) < 4.78 is 15.3. The third-order valence-corrected chi connectivity index (χ3v) is 4.71. The minimum Gasteiger partial charge on any atom is -0.377 e. The Morgan fingerprint density at radius 3 is 2.89 bits per heavy atom. The zero-order valence-corrected chi connectivity index (χ0v) is 12.1. The van der Waals surface area contributed by atoms with E-state index in [9.17, 15) is 0 Å². The van der Waals surface area contributed by atoms with Crippen LogP contribution >= 0.6 is 11.5 Å². The van der Waals surface area contributed by atoms with Crippen LogP contribution in [-0.2, 0) is 9.47 Å². The number of rotatable bonds is 4. The highest BCUT2D eigenvalue weighted by Crippen LogP contribution is 2.32. The minimum absolute atomic E-state index is 0.113. The molecule has 1 saturated carbocycles. The van der Waals surface area contributed by atoms with E-state index in [0.29, 0.717) is 19.1 Å². The van der Waals surface area contributed by atoms with Crippen LogP contribution in [0.25, 0.3) is 0 Å². The summed E-state index contributed by atoms with van der Waals surface area (Å²) in [5.74, 6) is 1.60. The molecular weight excluding hydrogens is 262 g/mol. The monoisotopic (exact) mass is 283 g/mol. The summed E-state index contributed by atoms with van der Waals surface area (Å²) in [5.41, 5.74) is 0. The molecular formula is C13H21N3O2S. The quantitative estimate of drug-likeness (QED) is 0.919. The molecule has 2 atom stereocenters. The smallest absolute Gasteiger partial charge is 0.202 e. The summed E-state index contributed by atoms with van der Waals surface area (Å²) in [6.07, 6.45) is 6.58. The molecule has 1 aliphatic carbocycles. The van der Waals surface area contributed by atoms with E-state index in [2.05, 4.69) is 14.7 Å². The molecule has 0 radical (unpaired) electrons. The number of aromatic nitrogens is 2. The number of anilines is 1. The number of ether oxygens (including phenoxy) is 2. The van der Waals surface area contributed by atoms with Crippen LogP contribution in [-0.4, -0.2) is 41.8 Å². The molecule has 106 valence electrons. The largest absolute Gasteiger partial charge is 0.377 e. The maximum absolute atomic E-state index is 5.42. The summed E-state index contributed by atoms with van der Waals surface area (Å²) in [5, 5.41) is 4.30. The van der Waals surface area contributed by atoms with Crippen molar-refractivity contribution in [3.05, 3.63) is 5.82 Å². The first-order valence-corrected chi connectivity index (χ1v) is 7.85. The van der Waals surface area contributed by atoms with Crippen LogP contribution in [0.3, 0.4) is 0 Å². The van der Waals surface area contributed by atoms with Crippen molar-refractivity contribution in [2.24, 2.45) is 0 Å². The van der Waals surface area contributed by atoms with Gasteiger partial charge in [0.2, 0.25) is 5.13 Å². The summed E-state index contributed by atoms with van der Waals surface area (Å²) in [7, 11) is 1.72. The SMILES string of the molecule is CO[C@@H]1COC[C@@H]1Nc1nc(C2CCCCC2)ns1.